The molecule has 1 amide bonds. The molecule has 86 valence electrons. The average molecular weight is 218 g/mol. The summed E-state index contributed by atoms with van der Waals surface area (Å²) in [7, 11) is 0. The van der Waals surface area contributed by atoms with E-state index in [1.807, 2.05) is 29.8 Å². The van der Waals surface area contributed by atoms with Gasteiger partial charge in [0.25, 0.3) is 5.91 Å². The summed E-state index contributed by atoms with van der Waals surface area (Å²) in [6.45, 7) is 5.89. The molecule has 0 saturated carbocycles. The van der Waals surface area contributed by atoms with Gasteiger partial charge in [-0.2, -0.15) is 0 Å². The standard InChI is InChI=1S/C13H18N2O/c1-4-9-14(6-3)13(16)12-8-7-11-15(12)10-5-2/h1,7-8,11H,5-6,9-10H2,2-3H3. The van der Waals surface area contributed by atoms with Crippen molar-refractivity contribution in [3.05, 3.63) is 24.0 Å². The molecule has 1 heterocycles. The maximum Gasteiger partial charge on any atom is 0.271 e. The van der Waals surface area contributed by atoms with E-state index < -0.39 is 0 Å². The van der Waals surface area contributed by atoms with E-state index in [9.17, 15) is 4.79 Å². The number of hydrogen-bond acceptors (Lipinski definition) is 1. The summed E-state index contributed by atoms with van der Waals surface area (Å²) in [4.78, 5) is 13.8. The van der Waals surface area contributed by atoms with E-state index in [2.05, 4.69) is 12.8 Å². The van der Waals surface area contributed by atoms with Crippen molar-refractivity contribution in [2.75, 3.05) is 13.1 Å². The second-order valence-corrected chi connectivity index (χ2v) is 3.61. The zero-order chi connectivity index (χ0) is 12.0. The lowest BCUT2D eigenvalue weighted by molar-refractivity contribution is 0.0774. The van der Waals surface area contributed by atoms with Crippen LogP contribution in [0.5, 0.6) is 0 Å². The van der Waals surface area contributed by atoms with Gasteiger partial charge in [0.15, 0.2) is 0 Å². The first kappa shape index (κ1) is 12.4. The molecule has 0 saturated heterocycles. The monoisotopic (exact) mass is 218 g/mol. The van der Waals surface area contributed by atoms with E-state index in [-0.39, 0.29) is 5.91 Å². The van der Waals surface area contributed by atoms with Gasteiger partial charge in [-0.15, -0.1) is 6.42 Å². The largest absolute Gasteiger partial charge is 0.344 e. The van der Waals surface area contributed by atoms with Crippen LogP contribution in [0.4, 0.5) is 0 Å². The van der Waals surface area contributed by atoms with Crippen molar-refractivity contribution in [2.24, 2.45) is 0 Å². The van der Waals surface area contributed by atoms with Crippen LogP contribution in [0.15, 0.2) is 18.3 Å². The normalized spacial score (nSPS) is 9.81. The van der Waals surface area contributed by atoms with Crippen LogP contribution in [0.1, 0.15) is 30.8 Å². The highest BCUT2D eigenvalue weighted by Gasteiger charge is 2.16. The van der Waals surface area contributed by atoms with E-state index in [1.54, 1.807) is 4.90 Å². The fourth-order valence-electron chi connectivity index (χ4n) is 1.64. The molecule has 1 aromatic heterocycles. The van der Waals surface area contributed by atoms with Gasteiger partial charge in [0.05, 0.1) is 6.54 Å². The van der Waals surface area contributed by atoms with Crippen LogP contribution in [0.3, 0.4) is 0 Å². The Morgan fingerprint density at radius 1 is 1.56 bits per heavy atom. The van der Waals surface area contributed by atoms with Gasteiger partial charge in [0.1, 0.15) is 5.69 Å². The van der Waals surface area contributed by atoms with Gasteiger partial charge in [0, 0.05) is 19.3 Å². The molecule has 3 nitrogen and oxygen atoms in total. The second-order valence-electron chi connectivity index (χ2n) is 3.61. The van der Waals surface area contributed by atoms with Crippen molar-refractivity contribution in [2.45, 2.75) is 26.8 Å². The number of rotatable bonds is 5. The first-order valence-electron chi connectivity index (χ1n) is 5.62. The molecule has 1 aromatic rings. The number of nitrogens with zero attached hydrogens (tertiary/aromatic N) is 2. The van der Waals surface area contributed by atoms with E-state index in [0.717, 1.165) is 18.7 Å². The lowest BCUT2D eigenvalue weighted by Crippen LogP contribution is -2.32. The molecule has 0 radical (unpaired) electrons. The Balaban J connectivity index is 2.86. The maximum absolute atomic E-state index is 12.1. The highest BCUT2D eigenvalue weighted by molar-refractivity contribution is 5.92. The van der Waals surface area contributed by atoms with Gasteiger partial charge >= 0.3 is 0 Å². The number of aryl methyl sites for hydroxylation is 1. The summed E-state index contributed by atoms with van der Waals surface area (Å²) < 4.78 is 1.97. The molecule has 16 heavy (non-hydrogen) atoms. The first-order valence-corrected chi connectivity index (χ1v) is 5.62. The minimum atomic E-state index is 0.0129. The summed E-state index contributed by atoms with van der Waals surface area (Å²) in [6.07, 6.45) is 8.18. The van der Waals surface area contributed by atoms with Crippen LogP contribution in [0, 0.1) is 12.3 Å². The third-order valence-electron chi connectivity index (χ3n) is 2.46. The summed E-state index contributed by atoms with van der Waals surface area (Å²) in [6, 6.07) is 3.74. The van der Waals surface area contributed by atoms with E-state index in [1.165, 1.54) is 0 Å². The first-order chi connectivity index (χ1) is 7.74. The van der Waals surface area contributed by atoms with Crippen molar-refractivity contribution < 1.29 is 4.79 Å². The minimum absolute atomic E-state index is 0.0129. The van der Waals surface area contributed by atoms with Crippen LogP contribution in [-0.4, -0.2) is 28.5 Å². The van der Waals surface area contributed by atoms with Crippen molar-refractivity contribution in [1.29, 1.82) is 0 Å². The predicted octanol–water partition coefficient (Wildman–Crippen LogP) is 1.99. The molecule has 0 unspecified atom stereocenters. The average Bonchev–Trinajstić information content (AvgIpc) is 2.73. The van der Waals surface area contributed by atoms with Crippen LogP contribution in [0.2, 0.25) is 0 Å². The third-order valence-corrected chi connectivity index (χ3v) is 2.46. The molecule has 0 spiro atoms. The SMILES string of the molecule is C#CCN(CC)C(=O)c1cccn1CCC. The highest BCUT2D eigenvalue weighted by Crippen LogP contribution is 2.07. The Morgan fingerprint density at radius 3 is 2.88 bits per heavy atom. The van der Waals surface area contributed by atoms with Crippen LogP contribution >= 0.6 is 0 Å². The van der Waals surface area contributed by atoms with Crippen LogP contribution in [0.25, 0.3) is 0 Å². The number of terminal acetylenes is 1. The van der Waals surface area contributed by atoms with E-state index >= 15 is 0 Å². The third kappa shape index (κ3) is 2.66. The van der Waals surface area contributed by atoms with Gasteiger partial charge < -0.3 is 9.47 Å². The Kier molecular flexibility index (Phi) is 4.65. The van der Waals surface area contributed by atoms with Crippen molar-refractivity contribution in [3.8, 4) is 12.3 Å². The lowest BCUT2D eigenvalue weighted by atomic mass is 10.3. The van der Waals surface area contributed by atoms with Gasteiger partial charge in [-0.05, 0) is 25.5 Å². The van der Waals surface area contributed by atoms with Gasteiger partial charge in [0.2, 0.25) is 0 Å². The summed E-state index contributed by atoms with van der Waals surface area (Å²) in [5.74, 6) is 2.52. The molecule has 3 heteroatoms. The summed E-state index contributed by atoms with van der Waals surface area (Å²) in [5, 5.41) is 0. The zero-order valence-corrected chi connectivity index (χ0v) is 9.94. The lowest BCUT2D eigenvalue weighted by Gasteiger charge is -2.19. The molecule has 0 atom stereocenters. The summed E-state index contributed by atoms with van der Waals surface area (Å²) in [5.41, 5.74) is 0.721. The fourth-order valence-corrected chi connectivity index (χ4v) is 1.64. The molecule has 0 aromatic carbocycles. The molecular formula is C13H18N2O. The molecule has 0 N–H and O–H groups in total. The summed E-state index contributed by atoms with van der Waals surface area (Å²) >= 11 is 0. The van der Waals surface area contributed by atoms with Crippen LogP contribution < -0.4 is 0 Å². The fraction of sp³-hybridized carbons (Fsp3) is 0.462. The Hall–Kier alpha value is -1.69. The Labute approximate surface area is 97.1 Å². The predicted molar refractivity (Wildman–Crippen MR) is 65.1 cm³/mol. The number of amides is 1. The minimum Gasteiger partial charge on any atom is -0.344 e. The van der Waals surface area contributed by atoms with E-state index in [0.29, 0.717) is 13.1 Å². The molecule has 0 aliphatic rings. The second kappa shape index (κ2) is 6.02. The molecule has 0 aliphatic heterocycles. The van der Waals surface area contributed by atoms with Crippen LogP contribution in [-0.2, 0) is 6.54 Å². The van der Waals surface area contributed by atoms with Crippen molar-refractivity contribution in [1.82, 2.24) is 9.47 Å². The topological polar surface area (TPSA) is 25.2 Å². The molecular weight excluding hydrogens is 200 g/mol. The molecule has 0 aliphatic carbocycles. The zero-order valence-electron chi connectivity index (χ0n) is 9.94. The number of hydrogen-bond donors (Lipinski definition) is 0. The Bertz CT molecular complexity index is 387. The molecule has 0 fully saturated rings. The smallest absolute Gasteiger partial charge is 0.271 e. The highest BCUT2D eigenvalue weighted by atomic mass is 16.2. The molecule has 0 bridgehead atoms. The van der Waals surface area contributed by atoms with Gasteiger partial charge in [-0.1, -0.05) is 12.8 Å². The van der Waals surface area contributed by atoms with E-state index in [4.69, 9.17) is 6.42 Å². The quantitative estimate of drug-likeness (QED) is 0.694. The number of aromatic nitrogens is 1. The Morgan fingerprint density at radius 2 is 2.31 bits per heavy atom. The van der Waals surface area contributed by atoms with Gasteiger partial charge in [-0.25, -0.2) is 0 Å². The number of carbonyl (C=O) groups is 1. The van der Waals surface area contributed by atoms with Gasteiger partial charge in [-0.3, -0.25) is 4.79 Å². The van der Waals surface area contributed by atoms with Crippen molar-refractivity contribution >= 4 is 5.91 Å². The van der Waals surface area contributed by atoms with Crippen molar-refractivity contribution in [3.63, 3.8) is 0 Å². The maximum atomic E-state index is 12.1. The number of carbonyl (C=O) groups excluding carboxylic acids is 1. The molecule has 1 rings (SSSR count).